The third-order valence-electron chi connectivity index (χ3n) is 6.94. The molecule has 0 radical (unpaired) electrons. The van der Waals surface area contributed by atoms with Gasteiger partial charge in [0, 0.05) is 44.3 Å². The highest BCUT2D eigenvalue weighted by atomic mass is 31.2. The number of pyridine rings is 1. The maximum Gasteiger partial charge on any atom is 0.399 e. The Kier molecular flexibility index (Phi) is 15.4. The molecule has 0 amide bonds. The van der Waals surface area contributed by atoms with Crippen molar-refractivity contribution in [3.63, 3.8) is 0 Å². The zero-order chi connectivity index (χ0) is 34.6. The van der Waals surface area contributed by atoms with Crippen molar-refractivity contribution in [1.82, 2.24) is 9.47 Å². The van der Waals surface area contributed by atoms with Gasteiger partial charge in [0.2, 0.25) is 5.43 Å². The number of aryl methyl sites for hydroxylation is 1. The van der Waals surface area contributed by atoms with Crippen LogP contribution >= 0.6 is 15.2 Å². The highest BCUT2D eigenvalue weighted by Gasteiger charge is 2.55. The fourth-order valence-electron chi connectivity index (χ4n) is 4.70. The minimum atomic E-state index is -4.72. The van der Waals surface area contributed by atoms with Crippen LogP contribution in [0, 0.1) is 5.82 Å². The van der Waals surface area contributed by atoms with E-state index in [1.165, 1.54) is 16.8 Å². The van der Waals surface area contributed by atoms with Crippen molar-refractivity contribution in [3.05, 3.63) is 39.9 Å². The van der Waals surface area contributed by atoms with E-state index in [4.69, 9.17) is 43.0 Å². The summed E-state index contributed by atoms with van der Waals surface area (Å²) >= 11 is 0. The lowest BCUT2D eigenvalue weighted by atomic mass is 10.1. The zero-order valence-electron chi connectivity index (χ0n) is 27.5. The number of halogens is 1. The van der Waals surface area contributed by atoms with E-state index in [1.54, 1.807) is 34.6 Å². The second kappa shape index (κ2) is 18.5. The molecule has 47 heavy (non-hydrogen) atoms. The van der Waals surface area contributed by atoms with Gasteiger partial charge in [-0.3, -0.25) is 13.9 Å². The van der Waals surface area contributed by atoms with Gasteiger partial charge >= 0.3 is 21.2 Å². The molecular formula is C28H44FN3O13P2. The molecule has 0 atom stereocenters. The molecular weight excluding hydrogens is 667 g/mol. The second-order valence-electron chi connectivity index (χ2n) is 10.2. The monoisotopic (exact) mass is 711 g/mol. The molecule has 1 aliphatic heterocycles. The van der Waals surface area contributed by atoms with Crippen LogP contribution in [-0.4, -0.2) is 87.1 Å². The van der Waals surface area contributed by atoms with Gasteiger partial charge in [-0.2, -0.15) is 0 Å². The quantitative estimate of drug-likeness (QED) is 0.0776. The number of likely N-dealkylation sites (N-methyl/N-ethyl adjacent to an activating group) is 1. The molecule has 0 aliphatic carbocycles. The van der Waals surface area contributed by atoms with Crippen molar-refractivity contribution in [3.8, 4) is 0 Å². The van der Waals surface area contributed by atoms with Crippen molar-refractivity contribution in [1.29, 1.82) is 0 Å². The molecule has 2 aromatic rings. The molecule has 0 N–H and O–H groups in total. The molecule has 0 saturated carbocycles. The van der Waals surface area contributed by atoms with Crippen LogP contribution in [0.3, 0.4) is 0 Å². The number of esters is 1. The summed E-state index contributed by atoms with van der Waals surface area (Å²) in [5.74, 6) is -1.58. The van der Waals surface area contributed by atoms with Gasteiger partial charge in [0.15, 0.2) is 5.40 Å². The Bertz CT molecular complexity index is 1430. The zero-order valence-corrected chi connectivity index (χ0v) is 29.3. The van der Waals surface area contributed by atoms with Gasteiger partial charge < -0.3 is 19.1 Å². The summed E-state index contributed by atoms with van der Waals surface area (Å²) in [6.45, 7) is 9.65. The first kappa shape index (κ1) is 39.2. The lowest BCUT2D eigenvalue weighted by molar-refractivity contribution is -0.272. The van der Waals surface area contributed by atoms with Crippen molar-refractivity contribution in [2.24, 2.45) is 0 Å². The van der Waals surface area contributed by atoms with Crippen LogP contribution in [0.5, 0.6) is 0 Å². The summed E-state index contributed by atoms with van der Waals surface area (Å²) < 4.78 is 71.1. The molecule has 1 aliphatic rings. The number of anilines is 1. The van der Waals surface area contributed by atoms with Gasteiger partial charge in [-0.1, -0.05) is 0 Å². The summed E-state index contributed by atoms with van der Waals surface area (Å²) in [5, 5.41) is -1.93. The number of benzene rings is 1. The average Bonchev–Trinajstić information content (AvgIpc) is 3.06. The standard InChI is InChI=1S/C28H44FN3O13P2/c1-7-37-28(34)22-20-32(24-19-25(23(29)18-21(24)27(22)33)31-16-14-30(6)15-17-31)13-12-26(46(35,42-38-8-2)43-39-9-3)47(36,44-40-10-4)45-41-11-5/h18-20,26H,7-17H2,1-6H3. The third kappa shape index (κ3) is 9.89. The Morgan fingerprint density at radius 2 is 1.34 bits per heavy atom. The van der Waals surface area contributed by atoms with E-state index in [-0.39, 0.29) is 61.7 Å². The molecule has 19 heteroatoms. The van der Waals surface area contributed by atoms with Gasteiger partial charge in [0.05, 0.1) is 44.2 Å². The normalized spacial score (nSPS) is 14.8. The molecule has 3 rings (SSSR count). The van der Waals surface area contributed by atoms with E-state index >= 15 is 4.39 Å². The number of fused-ring (bicyclic) bond motifs is 1. The van der Waals surface area contributed by atoms with Crippen LogP contribution in [-0.2, 0) is 58.7 Å². The second-order valence-corrected chi connectivity index (χ2v) is 14.6. The van der Waals surface area contributed by atoms with Crippen molar-refractivity contribution in [2.75, 3.05) is 71.2 Å². The Balaban J connectivity index is 2.21. The smallest absolute Gasteiger partial charge is 0.399 e. The third-order valence-corrected chi connectivity index (χ3v) is 11.9. The predicted molar refractivity (Wildman–Crippen MR) is 168 cm³/mol. The highest BCUT2D eigenvalue weighted by Crippen LogP contribution is 2.72. The fraction of sp³-hybridized carbons (Fsp3) is 0.643. The van der Waals surface area contributed by atoms with Crippen molar-refractivity contribution in [2.45, 2.75) is 53.0 Å². The molecule has 2 heterocycles. The lowest BCUT2D eigenvalue weighted by Crippen LogP contribution is -2.44. The Labute approximate surface area is 272 Å². The number of aromatic nitrogens is 1. The van der Waals surface area contributed by atoms with Crippen LogP contribution in [0.4, 0.5) is 10.1 Å². The summed E-state index contributed by atoms with van der Waals surface area (Å²) in [6.07, 6.45) is 0.831. The molecule has 16 nitrogen and oxygen atoms in total. The highest BCUT2D eigenvalue weighted by molar-refractivity contribution is 7.72. The predicted octanol–water partition coefficient (Wildman–Crippen LogP) is 5.04. The van der Waals surface area contributed by atoms with Gasteiger partial charge in [0.25, 0.3) is 0 Å². The Morgan fingerprint density at radius 3 is 1.81 bits per heavy atom. The van der Waals surface area contributed by atoms with E-state index in [9.17, 15) is 18.7 Å². The minimum absolute atomic E-state index is 0.0193. The maximum absolute atomic E-state index is 15.6. The molecule has 1 fully saturated rings. The number of hydrogen-bond donors (Lipinski definition) is 0. The minimum Gasteiger partial charge on any atom is -0.462 e. The van der Waals surface area contributed by atoms with Crippen LogP contribution < -0.4 is 10.3 Å². The number of rotatable bonds is 20. The van der Waals surface area contributed by atoms with E-state index < -0.39 is 44.2 Å². The SMILES string of the molecule is CCOOP(=O)(OOCC)C(CCn1cc(C(=O)OCC)c(=O)c2cc(F)c(N3CCN(C)CC3)cc21)P(=O)(OOCC)OOCC. The number of nitrogens with zero attached hydrogens (tertiary/aromatic N) is 3. The van der Waals surface area contributed by atoms with Crippen LogP contribution in [0.1, 0.15) is 51.4 Å². The van der Waals surface area contributed by atoms with E-state index in [2.05, 4.69) is 4.90 Å². The summed E-state index contributed by atoms with van der Waals surface area (Å²) in [5.41, 5.74) is -0.643. The van der Waals surface area contributed by atoms with Gasteiger partial charge in [-0.25, -0.2) is 28.7 Å². The Morgan fingerprint density at radius 1 is 0.830 bits per heavy atom. The lowest BCUT2D eigenvalue weighted by Gasteiger charge is -2.34. The van der Waals surface area contributed by atoms with Crippen LogP contribution in [0.2, 0.25) is 0 Å². The van der Waals surface area contributed by atoms with E-state index in [1.807, 2.05) is 11.9 Å². The number of carbonyl (C=O) groups excluding carboxylic acids is 1. The summed E-state index contributed by atoms with van der Waals surface area (Å²) in [6, 6.07) is 2.58. The molecule has 0 bridgehead atoms. The van der Waals surface area contributed by atoms with E-state index in [0.717, 1.165) is 6.07 Å². The first-order valence-electron chi connectivity index (χ1n) is 15.4. The van der Waals surface area contributed by atoms with Crippen LogP contribution in [0.15, 0.2) is 23.1 Å². The number of hydrogen-bond acceptors (Lipinski definition) is 15. The van der Waals surface area contributed by atoms with Gasteiger partial charge in [-0.15, -0.1) is 18.7 Å². The summed E-state index contributed by atoms with van der Waals surface area (Å²) in [7, 11) is -7.47. The topological polar surface area (TPSA) is 163 Å². The van der Waals surface area contributed by atoms with Gasteiger partial charge in [0.1, 0.15) is 11.4 Å². The van der Waals surface area contributed by atoms with Crippen molar-refractivity contribution < 1.29 is 61.3 Å². The molecule has 0 spiro atoms. The largest absolute Gasteiger partial charge is 0.462 e. The summed E-state index contributed by atoms with van der Waals surface area (Å²) in [4.78, 5) is 50.1. The number of piperazine rings is 1. The first-order valence-corrected chi connectivity index (χ1v) is 18.6. The molecule has 0 unspecified atom stereocenters. The molecule has 1 aromatic heterocycles. The average molecular weight is 712 g/mol. The van der Waals surface area contributed by atoms with Crippen molar-refractivity contribution >= 4 is 37.8 Å². The van der Waals surface area contributed by atoms with E-state index in [0.29, 0.717) is 26.2 Å². The van der Waals surface area contributed by atoms with Gasteiger partial charge in [-0.05, 0) is 60.2 Å². The molecule has 1 aromatic carbocycles. The first-order chi connectivity index (χ1) is 22.5. The maximum atomic E-state index is 15.6. The van der Waals surface area contributed by atoms with Crippen LogP contribution in [0.25, 0.3) is 10.9 Å². The number of ether oxygens (including phenoxy) is 1. The molecule has 266 valence electrons. The Hall–Kier alpha value is -2.27. The number of carbonyl (C=O) groups is 1. The fourth-order valence-corrected chi connectivity index (χ4v) is 8.87. The molecule has 1 saturated heterocycles.